The van der Waals surface area contributed by atoms with E-state index in [4.69, 9.17) is 0 Å². The first-order chi connectivity index (χ1) is 20.1. The Bertz CT molecular complexity index is 1450. The summed E-state index contributed by atoms with van der Waals surface area (Å²) in [7, 11) is 5.07. The first-order valence-corrected chi connectivity index (χ1v) is 15.0. The molecule has 0 radical (unpaired) electrons. The van der Waals surface area contributed by atoms with Crippen molar-refractivity contribution in [3.63, 3.8) is 0 Å². The first kappa shape index (κ1) is 34.0. The number of aromatic nitrogens is 1. The lowest BCUT2D eigenvalue weighted by molar-refractivity contribution is -0.145. The molecule has 3 amide bonds. The number of unbranched alkanes of at least 4 members (excludes halogenated alkanes) is 2. The number of anilines is 1. The van der Waals surface area contributed by atoms with Gasteiger partial charge in [-0.3, -0.25) is 19.4 Å². The number of thiazole rings is 1. The maximum Gasteiger partial charge on any atom is 0.272 e. The molecule has 0 aliphatic carbocycles. The summed E-state index contributed by atoms with van der Waals surface area (Å²) in [5.41, 5.74) is 4.65. The number of halogens is 2. The number of aryl methyl sites for hydroxylation is 1. The van der Waals surface area contributed by atoms with Gasteiger partial charge >= 0.3 is 0 Å². The first-order valence-electron chi connectivity index (χ1n) is 14.2. The van der Waals surface area contributed by atoms with E-state index in [1.165, 1.54) is 28.4 Å². The normalized spacial score (nSPS) is 12.3. The number of rotatable bonds is 12. The molecular formula is C31H40ClFN6O3S. The molecule has 0 bridgehead atoms. The number of benzene rings is 2. The van der Waals surface area contributed by atoms with Crippen LogP contribution in [0.15, 0.2) is 41.8 Å². The summed E-state index contributed by atoms with van der Waals surface area (Å²) in [6.07, 6.45) is 2.98. The summed E-state index contributed by atoms with van der Waals surface area (Å²) in [5, 5.41) is 8.82. The summed E-state index contributed by atoms with van der Waals surface area (Å²) in [6.45, 7) is 5.53. The smallest absolute Gasteiger partial charge is 0.272 e. The predicted octanol–water partition coefficient (Wildman–Crippen LogP) is 4.88. The zero-order valence-electron chi connectivity index (χ0n) is 25.4. The molecule has 1 N–H and O–H groups in total. The molecule has 0 saturated heterocycles. The molecule has 4 rings (SSSR count). The molecule has 1 aliphatic heterocycles. The van der Waals surface area contributed by atoms with E-state index in [0.29, 0.717) is 30.3 Å². The quantitative estimate of drug-likeness (QED) is 0.287. The molecule has 43 heavy (non-hydrogen) atoms. The molecule has 0 atom stereocenters. The van der Waals surface area contributed by atoms with Crippen molar-refractivity contribution < 1.29 is 18.8 Å². The molecule has 1 aromatic heterocycles. The standard InChI is InChI=1S/C31H39FN6O3S.ClH/c1-6-7-8-13-33-28(39)18-37(19-29(40)36(5)38-16-23-11-12-25(32)14-24(23)17-38)27-15-22(10-9-21(27)2)30-34-26(20-42-30)31(41)35(3)4;/h9-12,14-15,20H,6-8,13,16-19H2,1-5H3,(H,33,39);1H. The summed E-state index contributed by atoms with van der Waals surface area (Å²) in [4.78, 5) is 46.8. The van der Waals surface area contributed by atoms with Gasteiger partial charge in [-0.05, 0) is 48.2 Å². The number of hydrogen-bond acceptors (Lipinski definition) is 7. The molecule has 2 aromatic carbocycles. The molecule has 3 aromatic rings. The number of hydrogen-bond donors (Lipinski definition) is 1. The lowest BCUT2D eigenvalue weighted by Crippen LogP contribution is -2.48. The number of nitrogens with zero attached hydrogens (tertiary/aromatic N) is 5. The van der Waals surface area contributed by atoms with Gasteiger partial charge in [0.1, 0.15) is 16.5 Å². The van der Waals surface area contributed by atoms with Crippen molar-refractivity contribution >= 4 is 47.2 Å². The van der Waals surface area contributed by atoms with Crippen molar-refractivity contribution in [3.8, 4) is 10.6 Å². The van der Waals surface area contributed by atoms with Crippen molar-refractivity contribution in [1.82, 2.24) is 25.2 Å². The van der Waals surface area contributed by atoms with Crippen LogP contribution in [0.2, 0.25) is 0 Å². The fourth-order valence-corrected chi connectivity index (χ4v) is 5.65. The minimum Gasteiger partial charge on any atom is -0.355 e. The lowest BCUT2D eigenvalue weighted by atomic mass is 10.1. The third-order valence-corrected chi connectivity index (χ3v) is 8.24. The zero-order chi connectivity index (χ0) is 30.4. The van der Waals surface area contributed by atoms with Gasteiger partial charge < -0.3 is 15.1 Å². The van der Waals surface area contributed by atoms with E-state index < -0.39 is 0 Å². The largest absolute Gasteiger partial charge is 0.355 e. The van der Waals surface area contributed by atoms with Gasteiger partial charge in [-0.1, -0.05) is 38.0 Å². The van der Waals surface area contributed by atoms with Gasteiger partial charge in [-0.15, -0.1) is 23.7 Å². The van der Waals surface area contributed by atoms with Crippen molar-refractivity contribution in [3.05, 3.63) is 70.0 Å². The number of carbonyl (C=O) groups is 3. The van der Waals surface area contributed by atoms with Crippen LogP contribution in [0.4, 0.5) is 10.1 Å². The highest BCUT2D eigenvalue weighted by Gasteiger charge is 2.28. The molecule has 9 nitrogen and oxygen atoms in total. The minimum atomic E-state index is -0.297. The van der Waals surface area contributed by atoms with Gasteiger partial charge in [0.2, 0.25) is 5.91 Å². The number of amides is 3. The van der Waals surface area contributed by atoms with E-state index in [2.05, 4.69) is 17.2 Å². The Hall–Kier alpha value is -3.54. The maximum atomic E-state index is 13.8. The highest BCUT2D eigenvalue weighted by atomic mass is 35.5. The molecule has 12 heteroatoms. The molecule has 0 saturated carbocycles. The van der Waals surface area contributed by atoms with E-state index in [1.54, 1.807) is 42.5 Å². The fraction of sp³-hybridized carbons (Fsp3) is 0.419. The monoisotopic (exact) mass is 630 g/mol. The highest BCUT2D eigenvalue weighted by Crippen LogP contribution is 2.31. The molecule has 2 heterocycles. The Labute approximate surface area is 263 Å². The van der Waals surface area contributed by atoms with E-state index in [1.807, 2.05) is 30.1 Å². The van der Waals surface area contributed by atoms with E-state index in [0.717, 1.165) is 47.2 Å². The summed E-state index contributed by atoms with van der Waals surface area (Å²) in [5.74, 6) is -0.829. The van der Waals surface area contributed by atoms with Crippen LogP contribution in [0.3, 0.4) is 0 Å². The van der Waals surface area contributed by atoms with Crippen LogP contribution >= 0.6 is 23.7 Å². The fourth-order valence-electron chi connectivity index (χ4n) is 4.86. The second-order valence-electron chi connectivity index (χ2n) is 10.8. The van der Waals surface area contributed by atoms with Crippen LogP contribution in [-0.4, -0.2) is 78.4 Å². The molecule has 0 spiro atoms. The number of hydrazine groups is 1. The Kier molecular flexibility index (Phi) is 12.1. The third kappa shape index (κ3) is 8.52. The zero-order valence-corrected chi connectivity index (χ0v) is 27.0. The van der Waals surface area contributed by atoms with Crippen LogP contribution in [-0.2, 0) is 22.7 Å². The van der Waals surface area contributed by atoms with Gasteiger partial charge in [-0.25, -0.2) is 14.4 Å². The summed E-state index contributed by atoms with van der Waals surface area (Å²) >= 11 is 1.37. The van der Waals surface area contributed by atoms with E-state index in [9.17, 15) is 18.8 Å². The Morgan fingerprint density at radius 1 is 1.02 bits per heavy atom. The summed E-state index contributed by atoms with van der Waals surface area (Å²) in [6, 6.07) is 10.5. The van der Waals surface area contributed by atoms with Crippen LogP contribution in [0.1, 0.15) is 53.4 Å². The van der Waals surface area contributed by atoms with Crippen LogP contribution in [0.5, 0.6) is 0 Å². The van der Waals surface area contributed by atoms with E-state index >= 15 is 0 Å². The Balaban J connectivity index is 0.00000506. The average Bonchev–Trinajstić information content (AvgIpc) is 3.62. The minimum absolute atomic E-state index is 0. The van der Waals surface area contributed by atoms with Gasteiger partial charge in [0.05, 0.1) is 13.1 Å². The van der Waals surface area contributed by atoms with Crippen molar-refractivity contribution in [1.29, 1.82) is 0 Å². The number of fused-ring (bicyclic) bond motifs is 1. The van der Waals surface area contributed by atoms with Gasteiger partial charge in [-0.2, -0.15) is 0 Å². The molecule has 0 unspecified atom stereocenters. The number of carbonyl (C=O) groups excluding carboxylic acids is 3. The lowest BCUT2D eigenvalue weighted by Gasteiger charge is -2.32. The highest BCUT2D eigenvalue weighted by molar-refractivity contribution is 7.13. The second-order valence-corrected chi connectivity index (χ2v) is 11.7. The van der Waals surface area contributed by atoms with Crippen molar-refractivity contribution in [2.45, 2.75) is 46.2 Å². The van der Waals surface area contributed by atoms with E-state index in [-0.39, 0.29) is 49.0 Å². The molecule has 0 fully saturated rings. The Morgan fingerprint density at radius 3 is 2.49 bits per heavy atom. The molecular weight excluding hydrogens is 591 g/mol. The van der Waals surface area contributed by atoms with Crippen molar-refractivity contribution in [2.75, 3.05) is 45.7 Å². The number of nitrogens with one attached hydrogen (secondary N) is 1. The van der Waals surface area contributed by atoms with Gasteiger partial charge in [0.15, 0.2) is 0 Å². The van der Waals surface area contributed by atoms with Crippen LogP contribution in [0.25, 0.3) is 10.6 Å². The van der Waals surface area contributed by atoms with Crippen LogP contribution in [0, 0.1) is 12.7 Å². The van der Waals surface area contributed by atoms with Crippen LogP contribution < -0.4 is 10.2 Å². The molecule has 1 aliphatic rings. The number of likely N-dealkylation sites (N-methyl/N-ethyl adjacent to an activating group) is 1. The van der Waals surface area contributed by atoms with Crippen molar-refractivity contribution in [2.24, 2.45) is 0 Å². The van der Waals surface area contributed by atoms with Gasteiger partial charge in [0, 0.05) is 57.4 Å². The van der Waals surface area contributed by atoms with Gasteiger partial charge in [0.25, 0.3) is 11.8 Å². The third-order valence-electron chi connectivity index (χ3n) is 7.35. The SMILES string of the molecule is CCCCCNC(=O)CN(CC(=O)N(C)N1Cc2ccc(F)cc2C1)c1cc(-c2nc(C(=O)N(C)C)cs2)ccc1C.Cl. The second kappa shape index (κ2) is 15.3. The Morgan fingerprint density at radius 2 is 1.77 bits per heavy atom. The molecule has 232 valence electrons. The maximum absolute atomic E-state index is 13.8. The summed E-state index contributed by atoms with van der Waals surface area (Å²) < 4.78 is 13.8. The predicted molar refractivity (Wildman–Crippen MR) is 171 cm³/mol. The topological polar surface area (TPSA) is 89.1 Å². The average molecular weight is 631 g/mol.